The molecule has 25 heavy (non-hydrogen) atoms. The number of ether oxygens (including phenoxy) is 1. The van der Waals surface area contributed by atoms with Gasteiger partial charge in [-0.2, -0.15) is 5.26 Å². The predicted molar refractivity (Wildman–Crippen MR) is 90.5 cm³/mol. The first kappa shape index (κ1) is 16.1. The number of nitrogens with zero attached hydrogens (tertiary/aromatic N) is 3. The van der Waals surface area contributed by atoms with Crippen LogP contribution < -0.4 is 4.74 Å². The lowest BCUT2D eigenvalue weighted by molar-refractivity contribution is -0.114. The number of aliphatic hydroxyl groups is 1. The quantitative estimate of drug-likeness (QED) is 0.898. The molecule has 2 aliphatic carbocycles. The summed E-state index contributed by atoms with van der Waals surface area (Å²) in [7, 11) is 0. The van der Waals surface area contributed by atoms with Gasteiger partial charge in [-0.15, -0.1) is 0 Å². The first-order valence-corrected chi connectivity index (χ1v) is 8.81. The summed E-state index contributed by atoms with van der Waals surface area (Å²) >= 11 is 0. The van der Waals surface area contributed by atoms with Gasteiger partial charge in [-0.1, -0.05) is 0 Å². The molecule has 0 bridgehead atoms. The molecule has 0 radical (unpaired) electrons. The Morgan fingerprint density at radius 2 is 2.08 bits per heavy atom. The molecule has 6 heteroatoms. The fraction of sp³-hybridized carbons (Fsp3) is 0.526. The Hall–Kier alpha value is -2.39. The second kappa shape index (κ2) is 6.16. The third-order valence-electron chi connectivity index (χ3n) is 5.63. The number of hydrogen-bond acceptors (Lipinski definition) is 6. The SMILES string of the molecule is N#CC1=C(N2CCC3(CC2)CC3)c2cc(OCCO)ncc2CC1=O. The van der Waals surface area contributed by atoms with Gasteiger partial charge in [0.15, 0.2) is 5.78 Å². The molecule has 2 fully saturated rings. The third-order valence-corrected chi connectivity index (χ3v) is 5.63. The van der Waals surface area contributed by atoms with Crippen LogP contribution in [0.25, 0.3) is 5.70 Å². The number of pyridine rings is 1. The highest BCUT2D eigenvalue weighted by Crippen LogP contribution is 2.54. The number of carbonyl (C=O) groups excluding carboxylic acids is 1. The fourth-order valence-corrected chi connectivity index (χ4v) is 3.91. The van der Waals surface area contributed by atoms with E-state index in [-0.39, 0.29) is 31.0 Å². The van der Waals surface area contributed by atoms with Crippen LogP contribution in [-0.4, -0.2) is 47.1 Å². The van der Waals surface area contributed by atoms with E-state index < -0.39 is 0 Å². The largest absolute Gasteiger partial charge is 0.475 e. The molecular formula is C19H21N3O3. The average molecular weight is 339 g/mol. The van der Waals surface area contributed by atoms with E-state index in [1.54, 1.807) is 12.3 Å². The van der Waals surface area contributed by atoms with Crippen molar-refractivity contribution in [3.63, 3.8) is 0 Å². The Labute approximate surface area is 146 Å². The fourth-order valence-electron chi connectivity index (χ4n) is 3.91. The van der Waals surface area contributed by atoms with E-state index in [9.17, 15) is 10.1 Å². The van der Waals surface area contributed by atoms with Crippen molar-refractivity contribution in [2.45, 2.75) is 32.1 Å². The number of allylic oxidation sites excluding steroid dienone is 1. The molecule has 1 aromatic rings. The number of nitriles is 1. The van der Waals surface area contributed by atoms with Gasteiger partial charge in [-0.3, -0.25) is 4.79 Å². The van der Waals surface area contributed by atoms with Crippen molar-refractivity contribution in [2.75, 3.05) is 26.3 Å². The van der Waals surface area contributed by atoms with Crippen molar-refractivity contribution in [2.24, 2.45) is 5.41 Å². The summed E-state index contributed by atoms with van der Waals surface area (Å²) < 4.78 is 5.43. The Morgan fingerprint density at radius 3 is 2.72 bits per heavy atom. The molecule has 4 rings (SSSR count). The second-order valence-electron chi connectivity index (χ2n) is 7.17. The number of aliphatic hydroxyl groups excluding tert-OH is 1. The second-order valence-corrected chi connectivity index (χ2v) is 7.17. The van der Waals surface area contributed by atoms with E-state index in [4.69, 9.17) is 9.84 Å². The van der Waals surface area contributed by atoms with Crippen LogP contribution in [0.2, 0.25) is 0 Å². The smallest absolute Gasteiger partial charge is 0.213 e. The van der Waals surface area contributed by atoms with Gasteiger partial charge in [0.2, 0.25) is 5.88 Å². The molecule has 1 saturated heterocycles. The van der Waals surface area contributed by atoms with Gasteiger partial charge in [0.1, 0.15) is 18.2 Å². The Morgan fingerprint density at radius 1 is 1.32 bits per heavy atom. The molecule has 1 N–H and O–H groups in total. The zero-order valence-electron chi connectivity index (χ0n) is 14.1. The highest BCUT2D eigenvalue weighted by atomic mass is 16.5. The number of likely N-dealkylation sites (tertiary alicyclic amines) is 1. The van der Waals surface area contributed by atoms with E-state index in [2.05, 4.69) is 16.0 Å². The summed E-state index contributed by atoms with van der Waals surface area (Å²) in [6.45, 7) is 1.84. The van der Waals surface area contributed by atoms with Crippen molar-refractivity contribution in [3.8, 4) is 11.9 Å². The lowest BCUT2D eigenvalue weighted by atomic mass is 9.86. The highest BCUT2D eigenvalue weighted by molar-refractivity contribution is 6.09. The zero-order valence-corrected chi connectivity index (χ0v) is 14.1. The number of rotatable bonds is 4. The molecule has 3 aliphatic rings. The van der Waals surface area contributed by atoms with Crippen LogP contribution in [0.5, 0.6) is 5.88 Å². The minimum atomic E-state index is -0.137. The maximum Gasteiger partial charge on any atom is 0.213 e. The van der Waals surface area contributed by atoms with Crippen LogP contribution in [0.3, 0.4) is 0 Å². The molecule has 0 amide bonds. The van der Waals surface area contributed by atoms with E-state index in [1.807, 2.05) is 0 Å². The van der Waals surface area contributed by atoms with Crippen molar-refractivity contribution in [1.29, 1.82) is 5.26 Å². The summed E-state index contributed by atoms with van der Waals surface area (Å²) in [5, 5.41) is 18.5. The van der Waals surface area contributed by atoms with Crippen molar-refractivity contribution in [1.82, 2.24) is 9.88 Å². The molecule has 1 saturated carbocycles. The van der Waals surface area contributed by atoms with Gasteiger partial charge < -0.3 is 14.7 Å². The molecule has 2 heterocycles. The monoisotopic (exact) mass is 339 g/mol. The van der Waals surface area contributed by atoms with Gasteiger partial charge in [0.25, 0.3) is 0 Å². The Balaban J connectivity index is 1.71. The van der Waals surface area contributed by atoms with Crippen molar-refractivity contribution in [3.05, 3.63) is 29.0 Å². The first-order valence-electron chi connectivity index (χ1n) is 8.81. The molecule has 0 atom stereocenters. The van der Waals surface area contributed by atoms with Crippen molar-refractivity contribution >= 4 is 11.5 Å². The maximum absolute atomic E-state index is 12.4. The van der Waals surface area contributed by atoms with Gasteiger partial charge in [0, 0.05) is 37.3 Å². The molecule has 0 aromatic carbocycles. The van der Waals surface area contributed by atoms with Crippen LogP contribution in [0, 0.1) is 16.7 Å². The molecule has 0 unspecified atom stereocenters. The van der Waals surface area contributed by atoms with Gasteiger partial charge in [-0.05, 0) is 36.7 Å². The Bertz CT molecular complexity index is 780. The first-order chi connectivity index (χ1) is 12.2. The van der Waals surface area contributed by atoms with Gasteiger partial charge >= 0.3 is 0 Å². The molecule has 1 aliphatic heterocycles. The van der Waals surface area contributed by atoms with E-state index in [0.717, 1.165) is 42.8 Å². The average Bonchev–Trinajstić information content (AvgIpc) is 3.39. The Kier molecular flexibility index (Phi) is 3.97. The van der Waals surface area contributed by atoms with E-state index >= 15 is 0 Å². The van der Waals surface area contributed by atoms with Gasteiger partial charge in [0.05, 0.1) is 12.3 Å². The van der Waals surface area contributed by atoms with E-state index in [1.165, 1.54) is 12.8 Å². The van der Waals surface area contributed by atoms with Crippen LogP contribution in [0.4, 0.5) is 0 Å². The highest BCUT2D eigenvalue weighted by Gasteiger charge is 2.45. The van der Waals surface area contributed by atoms with E-state index in [0.29, 0.717) is 11.3 Å². The van der Waals surface area contributed by atoms with Crippen molar-refractivity contribution < 1.29 is 14.6 Å². The number of hydrogen-bond donors (Lipinski definition) is 1. The lowest BCUT2D eigenvalue weighted by Gasteiger charge is -2.37. The van der Waals surface area contributed by atoms with Crippen LogP contribution in [0.1, 0.15) is 36.8 Å². The van der Waals surface area contributed by atoms with Gasteiger partial charge in [-0.25, -0.2) is 4.98 Å². The molecule has 1 spiro atoms. The summed E-state index contributed by atoms with van der Waals surface area (Å²) in [5.41, 5.74) is 3.21. The number of fused-ring (bicyclic) bond motifs is 1. The summed E-state index contributed by atoms with van der Waals surface area (Å²) in [6.07, 6.45) is 6.72. The molecular weight excluding hydrogens is 318 g/mol. The van der Waals surface area contributed by atoms with Crippen LogP contribution in [-0.2, 0) is 11.2 Å². The summed E-state index contributed by atoms with van der Waals surface area (Å²) in [6, 6.07) is 3.93. The molecule has 1 aromatic heterocycles. The topological polar surface area (TPSA) is 86.5 Å². The number of carbonyl (C=O) groups is 1. The maximum atomic E-state index is 12.4. The standard InChI is InChI=1S/C19H21N3O3/c20-11-15-16(24)9-13-12-21-17(25-8-7-23)10-14(13)18(15)22-5-3-19(1-2-19)4-6-22/h10,12,23H,1-9H2. The normalized spacial score (nSPS) is 21.1. The minimum Gasteiger partial charge on any atom is -0.475 e. The summed E-state index contributed by atoms with van der Waals surface area (Å²) in [5.74, 6) is 0.273. The number of ketones is 1. The number of aromatic nitrogens is 1. The van der Waals surface area contributed by atoms with Crippen LogP contribution >= 0.6 is 0 Å². The third kappa shape index (κ3) is 2.89. The van der Waals surface area contributed by atoms with Crippen LogP contribution in [0.15, 0.2) is 17.8 Å². The summed E-state index contributed by atoms with van der Waals surface area (Å²) in [4.78, 5) is 18.8. The molecule has 6 nitrogen and oxygen atoms in total. The number of Topliss-reactive ketones (excluding diaryl/α,β-unsaturated/α-hetero) is 1. The minimum absolute atomic E-state index is 0.0857. The molecule has 130 valence electrons. The number of piperidine rings is 1. The lowest BCUT2D eigenvalue weighted by Crippen LogP contribution is -2.36. The predicted octanol–water partition coefficient (Wildman–Crippen LogP) is 1.69. The zero-order chi connectivity index (χ0) is 17.4.